The minimum Gasteiger partial charge on any atom is -0.493 e. The predicted octanol–water partition coefficient (Wildman–Crippen LogP) is 2.28. The van der Waals surface area contributed by atoms with Crippen molar-refractivity contribution < 1.29 is 17.9 Å². The molecule has 1 aromatic carbocycles. The van der Waals surface area contributed by atoms with Crippen LogP contribution in [0.1, 0.15) is 38.7 Å². The Morgan fingerprint density at radius 3 is 2.26 bits per heavy atom. The van der Waals surface area contributed by atoms with Crippen molar-refractivity contribution in [2.24, 2.45) is 5.92 Å². The first kappa shape index (κ1) is 19.7. The highest BCUT2D eigenvalue weighted by atomic mass is 32.2. The van der Waals surface area contributed by atoms with Crippen LogP contribution < -0.4 is 18.9 Å². The summed E-state index contributed by atoms with van der Waals surface area (Å²) in [5.41, 5.74) is 1.01. The van der Waals surface area contributed by atoms with Crippen LogP contribution in [0.5, 0.6) is 11.5 Å². The summed E-state index contributed by atoms with van der Waals surface area (Å²) >= 11 is 0. The zero-order valence-corrected chi connectivity index (χ0v) is 15.4. The van der Waals surface area contributed by atoms with E-state index in [4.69, 9.17) is 9.47 Å². The zero-order chi connectivity index (χ0) is 17.5. The molecule has 1 atom stereocenters. The van der Waals surface area contributed by atoms with Crippen LogP contribution in [0, 0.1) is 5.92 Å². The van der Waals surface area contributed by atoms with Crippen molar-refractivity contribution in [3.05, 3.63) is 23.8 Å². The van der Waals surface area contributed by atoms with Gasteiger partial charge >= 0.3 is 0 Å². The van der Waals surface area contributed by atoms with E-state index in [1.165, 1.54) is 0 Å². The summed E-state index contributed by atoms with van der Waals surface area (Å²) in [5.74, 6) is 1.60. The number of hydrogen-bond donors (Lipinski definition) is 2. The molecule has 0 aromatic heterocycles. The summed E-state index contributed by atoms with van der Waals surface area (Å²) in [6, 6.07) is 5.68. The molecule has 0 aliphatic carbocycles. The molecular weight excluding hydrogens is 316 g/mol. The highest BCUT2D eigenvalue weighted by Gasteiger charge is 2.20. The standard InChI is InChI=1S/C16H28N2O4S/c1-6-9-17-23(19,20)18-11-14(12(2)3)13-7-8-15(21-4)16(10-13)22-5/h7-8,10,12,14,17-18H,6,9,11H2,1-5H3. The van der Waals surface area contributed by atoms with Gasteiger partial charge in [-0.1, -0.05) is 26.8 Å². The lowest BCUT2D eigenvalue weighted by atomic mass is 9.88. The third kappa shape index (κ3) is 6.01. The van der Waals surface area contributed by atoms with Crippen molar-refractivity contribution in [2.75, 3.05) is 27.3 Å². The molecule has 0 amide bonds. The van der Waals surface area contributed by atoms with Crippen LogP contribution in [-0.4, -0.2) is 35.7 Å². The molecule has 1 aromatic rings. The maximum atomic E-state index is 11.9. The fourth-order valence-electron chi connectivity index (χ4n) is 2.31. The van der Waals surface area contributed by atoms with E-state index in [1.807, 2.05) is 25.1 Å². The van der Waals surface area contributed by atoms with Gasteiger partial charge in [0.15, 0.2) is 11.5 Å². The van der Waals surface area contributed by atoms with Gasteiger partial charge in [-0.3, -0.25) is 0 Å². The normalized spacial score (nSPS) is 13.1. The van der Waals surface area contributed by atoms with Crippen molar-refractivity contribution in [1.82, 2.24) is 9.44 Å². The summed E-state index contributed by atoms with van der Waals surface area (Å²) in [4.78, 5) is 0. The Labute approximate surface area is 139 Å². The van der Waals surface area contributed by atoms with Gasteiger partial charge in [0.25, 0.3) is 10.2 Å². The van der Waals surface area contributed by atoms with Crippen molar-refractivity contribution in [1.29, 1.82) is 0 Å². The first-order chi connectivity index (χ1) is 10.8. The molecule has 2 N–H and O–H groups in total. The van der Waals surface area contributed by atoms with Crippen LogP contribution in [-0.2, 0) is 10.2 Å². The SMILES string of the molecule is CCCNS(=O)(=O)NCC(c1ccc(OC)c(OC)c1)C(C)C. The van der Waals surface area contributed by atoms with E-state index in [9.17, 15) is 8.42 Å². The van der Waals surface area contributed by atoms with E-state index in [2.05, 4.69) is 23.3 Å². The fourth-order valence-corrected chi connectivity index (χ4v) is 3.28. The lowest BCUT2D eigenvalue weighted by molar-refractivity contribution is 0.353. The summed E-state index contributed by atoms with van der Waals surface area (Å²) in [7, 11) is -0.290. The molecule has 132 valence electrons. The fraction of sp³-hybridized carbons (Fsp3) is 0.625. The number of nitrogens with one attached hydrogen (secondary N) is 2. The predicted molar refractivity (Wildman–Crippen MR) is 92.3 cm³/mol. The van der Waals surface area contributed by atoms with Gasteiger partial charge in [-0.15, -0.1) is 0 Å². The highest BCUT2D eigenvalue weighted by molar-refractivity contribution is 7.87. The second-order valence-corrected chi connectivity index (χ2v) is 7.30. The summed E-state index contributed by atoms with van der Waals surface area (Å²) in [5, 5.41) is 0. The molecule has 0 heterocycles. The maximum Gasteiger partial charge on any atom is 0.276 e. The van der Waals surface area contributed by atoms with Gasteiger partial charge in [0.1, 0.15) is 0 Å². The summed E-state index contributed by atoms with van der Waals surface area (Å²) in [6.07, 6.45) is 0.754. The molecule has 0 spiro atoms. The van der Waals surface area contributed by atoms with Crippen LogP contribution in [0.15, 0.2) is 18.2 Å². The van der Waals surface area contributed by atoms with Crippen LogP contribution >= 0.6 is 0 Å². The lowest BCUT2D eigenvalue weighted by Crippen LogP contribution is -2.39. The minimum atomic E-state index is -3.46. The third-order valence-corrected chi connectivity index (χ3v) is 4.81. The van der Waals surface area contributed by atoms with E-state index in [1.54, 1.807) is 14.2 Å². The van der Waals surface area contributed by atoms with Crippen LogP contribution in [0.3, 0.4) is 0 Å². The third-order valence-electron chi connectivity index (χ3n) is 3.68. The topological polar surface area (TPSA) is 76.7 Å². The smallest absolute Gasteiger partial charge is 0.276 e. The molecule has 23 heavy (non-hydrogen) atoms. The van der Waals surface area contributed by atoms with Crippen LogP contribution in [0.4, 0.5) is 0 Å². The van der Waals surface area contributed by atoms with Crippen LogP contribution in [0.2, 0.25) is 0 Å². The van der Waals surface area contributed by atoms with E-state index in [0.29, 0.717) is 24.6 Å². The molecule has 0 bridgehead atoms. The van der Waals surface area contributed by atoms with Gasteiger partial charge in [-0.2, -0.15) is 8.42 Å². The average Bonchev–Trinajstić information content (AvgIpc) is 2.52. The molecule has 6 nitrogen and oxygen atoms in total. The monoisotopic (exact) mass is 344 g/mol. The Bertz CT molecular complexity index is 588. The Hall–Kier alpha value is -1.31. The van der Waals surface area contributed by atoms with Gasteiger partial charge < -0.3 is 9.47 Å². The quantitative estimate of drug-likeness (QED) is 0.683. The first-order valence-electron chi connectivity index (χ1n) is 7.80. The number of ether oxygens (including phenoxy) is 2. The molecule has 0 aliphatic rings. The van der Waals surface area contributed by atoms with Crippen molar-refractivity contribution in [3.63, 3.8) is 0 Å². The molecule has 0 aliphatic heterocycles. The van der Waals surface area contributed by atoms with Gasteiger partial charge in [-0.05, 0) is 36.0 Å². The number of hydrogen-bond acceptors (Lipinski definition) is 4. The molecule has 1 unspecified atom stereocenters. The first-order valence-corrected chi connectivity index (χ1v) is 9.29. The van der Waals surface area contributed by atoms with Crippen molar-refractivity contribution >= 4 is 10.2 Å². The largest absolute Gasteiger partial charge is 0.493 e. The molecule has 0 radical (unpaired) electrons. The molecule has 7 heteroatoms. The molecule has 0 saturated carbocycles. The number of methoxy groups -OCH3 is 2. The van der Waals surface area contributed by atoms with E-state index in [0.717, 1.165) is 12.0 Å². The second-order valence-electron chi connectivity index (χ2n) is 5.71. The van der Waals surface area contributed by atoms with E-state index in [-0.39, 0.29) is 11.8 Å². The van der Waals surface area contributed by atoms with E-state index >= 15 is 0 Å². The Kier molecular flexibility index (Phi) is 7.81. The van der Waals surface area contributed by atoms with E-state index < -0.39 is 10.2 Å². The van der Waals surface area contributed by atoms with Gasteiger partial charge in [0, 0.05) is 13.1 Å². The Morgan fingerprint density at radius 1 is 1.09 bits per heavy atom. The van der Waals surface area contributed by atoms with Gasteiger partial charge in [0.2, 0.25) is 0 Å². The molecular formula is C16H28N2O4S. The molecule has 1 rings (SSSR count). The van der Waals surface area contributed by atoms with Crippen LogP contribution in [0.25, 0.3) is 0 Å². The second kappa shape index (κ2) is 9.10. The lowest BCUT2D eigenvalue weighted by Gasteiger charge is -2.23. The highest BCUT2D eigenvalue weighted by Crippen LogP contribution is 2.33. The summed E-state index contributed by atoms with van der Waals surface area (Å²) < 4.78 is 39.5. The van der Waals surface area contributed by atoms with Crippen molar-refractivity contribution in [2.45, 2.75) is 33.1 Å². The molecule has 0 fully saturated rings. The average molecular weight is 344 g/mol. The summed E-state index contributed by atoms with van der Waals surface area (Å²) in [6.45, 7) is 6.80. The number of rotatable bonds is 10. The minimum absolute atomic E-state index is 0.0352. The Morgan fingerprint density at radius 2 is 1.74 bits per heavy atom. The van der Waals surface area contributed by atoms with Gasteiger partial charge in [0.05, 0.1) is 14.2 Å². The zero-order valence-electron chi connectivity index (χ0n) is 14.5. The maximum absolute atomic E-state index is 11.9. The number of benzene rings is 1. The van der Waals surface area contributed by atoms with Crippen molar-refractivity contribution in [3.8, 4) is 11.5 Å². The Balaban J connectivity index is 2.91. The molecule has 0 saturated heterocycles. The van der Waals surface area contributed by atoms with Gasteiger partial charge in [-0.25, -0.2) is 9.44 Å².